The van der Waals surface area contributed by atoms with Crippen molar-refractivity contribution < 1.29 is 19.2 Å². The normalized spacial score (nSPS) is 20.2. The Bertz CT molecular complexity index is 556. The molecule has 2 N–H and O–H groups in total. The molecule has 0 aromatic heterocycles. The van der Waals surface area contributed by atoms with Crippen LogP contribution in [-0.4, -0.2) is 90.3 Å². The Kier molecular flexibility index (Phi) is 7.73. The highest BCUT2D eigenvalue weighted by Crippen LogP contribution is 2.12. The summed E-state index contributed by atoms with van der Waals surface area (Å²) in [4.78, 5) is 52.8. The molecule has 2 heterocycles. The van der Waals surface area contributed by atoms with Crippen molar-refractivity contribution in [2.24, 2.45) is 5.92 Å². The summed E-state index contributed by atoms with van der Waals surface area (Å²) in [6.45, 7) is 10.3. The first-order valence-electron chi connectivity index (χ1n) is 9.66. The number of urea groups is 1. The van der Waals surface area contributed by atoms with Crippen molar-refractivity contribution in [1.82, 2.24) is 25.3 Å². The average Bonchev–Trinajstić information content (AvgIpc) is 2.96. The van der Waals surface area contributed by atoms with E-state index in [1.165, 1.54) is 4.90 Å². The standard InChI is InChI=1S/C18H31N5O4/c1-13(2)12-19-18(27)20-17(26)14(3)22-9-6-21(7-10-22)8-11-23-15(24)4-5-16(23)25/h13-14H,4-12H2,1-3H3,(H2,19,20,26,27)/t14-/m1/s1. The first kappa shape index (κ1) is 21.3. The third-order valence-electron chi connectivity index (χ3n) is 5.04. The molecule has 9 nitrogen and oxygen atoms in total. The highest BCUT2D eigenvalue weighted by atomic mass is 16.2. The summed E-state index contributed by atoms with van der Waals surface area (Å²) >= 11 is 0. The van der Waals surface area contributed by atoms with Gasteiger partial charge in [0.1, 0.15) is 0 Å². The van der Waals surface area contributed by atoms with Crippen LogP contribution in [-0.2, 0) is 14.4 Å². The van der Waals surface area contributed by atoms with Gasteiger partial charge < -0.3 is 5.32 Å². The lowest BCUT2D eigenvalue weighted by molar-refractivity contribution is -0.138. The summed E-state index contributed by atoms with van der Waals surface area (Å²) in [6.07, 6.45) is 0.647. The minimum atomic E-state index is -0.459. The fourth-order valence-corrected chi connectivity index (χ4v) is 3.21. The summed E-state index contributed by atoms with van der Waals surface area (Å²) in [5.74, 6) is -0.153. The smallest absolute Gasteiger partial charge is 0.321 e. The van der Waals surface area contributed by atoms with Gasteiger partial charge in [-0.2, -0.15) is 0 Å². The summed E-state index contributed by atoms with van der Waals surface area (Å²) in [5, 5.41) is 5.06. The van der Waals surface area contributed by atoms with Crippen molar-refractivity contribution in [3.05, 3.63) is 0 Å². The van der Waals surface area contributed by atoms with E-state index < -0.39 is 12.1 Å². The second-order valence-corrected chi connectivity index (χ2v) is 7.59. The molecule has 0 aromatic carbocycles. The van der Waals surface area contributed by atoms with E-state index in [4.69, 9.17) is 0 Å². The average molecular weight is 381 g/mol. The van der Waals surface area contributed by atoms with Gasteiger partial charge in [0.15, 0.2) is 0 Å². The Labute approximate surface area is 160 Å². The van der Waals surface area contributed by atoms with Gasteiger partial charge in [-0.3, -0.25) is 34.4 Å². The van der Waals surface area contributed by atoms with Gasteiger partial charge in [-0.15, -0.1) is 0 Å². The van der Waals surface area contributed by atoms with Gasteiger partial charge >= 0.3 is 6.03 Å². The molecule has 0 saturated carbocycles. The Morgan fingerprint density at radius 3 is 2.11 bits per heavy atom. The number of carbonyl (C=O) groups excluding carboxylic acids is 4. The molecular formula is C18H31N5O4. The molecule has 27 heavy (non-hydrogen) atoms. The number of likely N-dealkylation sites (tertiary alicyclic amines) is 1. The number of nitrogens with one attached hydrogen (secondary N) is 2. The van der Waals surface area contributed by atoms with Crippen LogP contribution >= 0.6 is 0 Å². The Morgan fingerprint density at radius 1 is 0.963 bits per heavy atom. The molecule has 0 aliphatic carbocycles. The maximum Gasteiger partial charge on any atom is 0.321 e. The monoisotopic (exact) mass is 381 g/mol. The van der Waals surface area contributed by atoms with Crippen LogP contribution in [0.4, 0.5) is 4.79 Å². The second-order valence-electron chi connectivity index (χ2n) is 7.59. The van der Waals surface area contributed by atoms with Gasteiger partial charge in [-0.25, -0.2) is 4.79 Å². The molecule has 0 bridgehead atoms. The number of amides is 5. The van der Waals surface area contributed by atoms with Crippen molar-refractivity contribution >= 4 is 23.8 Å². The van der Waals surface area contributed by atoms with Gasteiger partial charge in [-0.1, -0.05) is 13.8 Å². The van der Waals surface area contributed by atoms with Crippen LogP contribution in [0.1, 0.15) is 33.6 Å². The number of piperazine rings is 1. The highest BCUT2D eigenvalue weighted by Gasteiger charge is 2.30. The number of nitrogens with zero attached hydrogens (tertiary/aromatic N) is 3. The van der Waals surface area contributed by atoms with E-state index in [1.807, 2.05) is 18.7 Å². The molecule has 2 aliphatic rings. The minimum Gasteiger partial charge on any atom is -0.338 e. The maximum absolute atomic E-state index is 12.2. The number of carbonyl (C=O) groups is 4. The Hall–Kier alpha value is -2.00. The first-order valence-corrected chi connectivity index (χ1v) is 9.66. The third-order valence-corrected chi connectivity index (χ3v) is 5.04. The van der Waals surface area contributed by atoms with Crippen molar-refractivity contribution in [3.63, 3.8) is 0 Å². The van der Waals surface area contributed by atoms with Gasteiger partial charge in [0, 0.05) is 58.7 Å². The van der Waals surface area contributed by atoms with Gasteiger partial charge in [0.2, 0.25) is 17.7 Å². The Balaban J connectivity index is 1.69. The summed E-state index contributed by atoms with van der Waals surface area (Å²) in [6, 6.07) is -0.849. The molecule has 2 fully saturated rings. The van der Waals surface area contributed by atoms with Crippen LogP contribution in [0, 0.1) is 5.92 Å². The van der Waals surface area contributed by atoms with E-state index in [2.05, 4.69) is 15.5 Å². The lowest BCUT2D eigenvalue weighted by Crippen LogP contribution is -2.56. The van der Waals surface area contributed by atoms with Crippen molar-refractivity contribution in [1.29, 1.82) is 0 Å². The third kappa shape index (κ3) is 6.28. The van der Waals surface area contributed by atoms with Crippen molar-refractivity contribution in [2.45, 2.75) is 39.7 Å². The number of hydrogen-bond acceptors (Lipinski definition) is 6. The van der Waals surface area contributed by atoms with Gasteiger partial charge in [0.05, 0.1) is 6.04 Å². The van der Waals surface area contributed by atoms with Crippen LogP contribution in [0.3, 0.4) is 0 Å². The van der Waals surface area contributed by atoms with E-state index in [0.29, 0.717) is 51.5 Å². The molecule has 0 unspecified atom stereocenters. The number of imide groups is 2. The zero-order valence-corrected chi connectivity index (χ0v) is 16.5. The maximum atomic E-state index is 12.2. The lowest BCUT2D eigenvalue weighted by Gasteiger charge is -2.37. The summed E-state index contributed by atoms with van der Waals surface area (Å²) < 4.78 is 0. The Morgan fingerprint density at radius 2 is 1.56 bits per heavy atom. The second kappa shape index (κ2) is 9.80. The molecule has 0 spiro atoms. The zero-order valence-electron chi connectivity index (χ0n) is 16.5. The predicted octanol–water partition coefficient (Wildman–Crippen LogP) is -0.377. The van der Waals surface area contributed by atoms with Crippen LogP contribution in [0.25, 0.3) is 0 Å². The first-order chi connectivity index (χ1) is 12.8. The molecule has 9 heteroatoms. The minimum absolute atomic E-state index is 0.0836. The molecular weight excluding hydrogens is 350 g/mol. The number of hydrogen-bond donors (Lipinski definition) is 2. The van der Waals surface area contributed by atoms with Gasteiger partial charge in [-0.05, 0) is 12.8 Å². The predicted molar refractivity (Wildman–Crippen MR) is 99.8 cm³/mol. The summed E-state index contributed by atoms with van der Waals surface area (Å²) in [5.41, 5.74) is 0. The van der Waals surface area contributed by atoms with E-state index in [0.717, 1.165) is 13.1 Å². The fraction of sp³-hybridized carbons (Fsp3) is 0.778. The lowest BCUT2D eigenvalue weighted by atomic mass is 10.2. The number of rotatable bonds is 7. The zero-order chi connectivity index (χ0) is 20.0. The fourth-order valence-electron chi connectivity index (χ4n) is 3.21. The largest absolute Gasteiger partial charge is 0.338 e. The van der Waals surface area contributed by atoms with E-state index in [9.17, 15) is 19.2 Å². The topological polar surface area (TPSA) is 102 Å². The molecule has 0 radical (unpaired) electrons. The van der Waals surface area contributed by atoms with Crippen molar-refractivity contribution in [3.8, 4) is 0 Å². The van der Waals surface area contributed by atoms with Gasteiger partial charge in [0.25, 0.3) is 0 Å². The molecule has 2 aliphatic heterocycles. The molecule has 2 rings (SSSR count). The van der Waals surface area contributed by atoms with E-state index in [1.54, 1.807) is 6.92 Å². The quantitative estimate of drug-likeness (QED) is 0.583. The molecule has 152 valence electrons. The summed E-state index contributed by atoms with van der Waals surface area (Å²) in [7, 11) is 0. The van der Waals surface area contributed by atoms with Crippen molar-refractivity contribution in [2.75, 3.05) is 45.8 Å². The van der Waals surface area contributed by atoms with Crippen LogP contribution in [0.2, 0.25) is 0 Å². The van der Waals surface area contributed by atoms with Crippen LogP contribution in [0.15, 0.2) is 0 Å². The SMILES string of the molecule is CC(C)CNC(=O)NC(=O)[C@@H](C)N1CCN(CCN2C(=O)CCC2=O)CC1. The van der Waals surface area contributed by atoms with Crippen LogP contribution in [0.5, 0.6) is 0 Å². The highest BCUT2D eigenvalue weighted by molar-refractivity contribution is 6.01. The van der Waals surface area contributed by atoms with Crippen LogP contribution < -0.4 is 10.6 Å². The molecule has 5 amide bonds. The molecule has 1 atom stereocenters. The van der Waals surface area contributed by atoms with E-state index >= 15 is 0 Å². The molecule has 0 aromatic rings. The molecule has 2 saturated heterocycles. The van der Waals surface area contributed by atoms with E-state index in [-0.39, 0.29) is 17.7 Å².